The van der Waals surface area contributed by atoms with E-state index in [9.17, 15) is 9.59 Å². The Kier molecular flexibility index (Phi) is 6.13. The van der Waals surface area contributed by atoms with Crippen molar-refractivity contribution in [2.45, 2.75) is 26.6 Å². The van der Waals surface area contributed by atoms with Crippen molar-refractivity contribution in [2.24, 2.45) is 0 Å². The van der Waals surface area contributed by atoms with E-state index in [4.69, 9.17) is 19.1 Å². The molecule has 0 saturated heterocycles. The highest BCUT2D eigenvalue weighted by Crippen LogP contribution is 2.21. The number of hydrogen-bond acceptors (Lipinski definition) is 6. The van der Waals surface area contributed by atoms with Gasteiger partial charge in [0.05, 0.1) is 23.4 Å². The first-order valence-corrected chi connectivity index (χ1v) is 7.61. The highest BCUT2D eigenvalue weighted by atomic mass is 16.5. The SMILES string of the molecule is COC(CNC(=O)c1ccccc1OCc1c(C)noc1C)C(=O)O. The van der Waals surface area contributed by atoms with Crippen LogP contribution in [0.15, 0.2) is 28.8 Å². The molecule has 0 spiro atoms. The first-order valence-electron chi connectivity index (χ1n) is 7.61. The maximum absolute atomic E-state index is 12.3. The van der Waals surface area contributed by atoms with Crippen molar-refractivity contribution in [3.63, 3.8) is 0 Å². The van der Waals surface area contributed by atoms with Gasteiger partial charge in [-0.1, -0.05) is 17.3 Å². The molecule has 2 rings (SSSR count). The van der Waals surface area contributed by atoms with Crippen molar-refractivity contribution in [1.82, 2.24) is 10.5 Å². The normalized spacial score (nSPS) is 11.8. The van der Waals surface area contributed by atoms with Crippen molar-refractivity contribution in [1.29, 1.82) is 0 Å². The van der Waals surface area contributed by atoms with Gasteiger partial charge in [-0.05, 0) is 26.0 Å². The number of nitrogens with one attached hydrogen (secondary N) is 1. The van der Waals surface area contributed by atoms with Crippen molar-refractivity contribution in [2.75, 3.05) is 13.7 Å². The number of carbonyl (C=O) groups is 2. The first-order chi connectivity index (χ1) is 11.9. The fraction of sp³-hybridized carbons (Fsp3) is 0.353. The monoisotopic (exact) mass is 348 g/mol. The molecule has 134 valence electrons. The van der Waals surface area contributed by atoms with E-state index >= 15 is 0 Å². The second-order valence-corrected chi connectivity index (χ2v) is 5.36. The van der Waals surface area contributed by atoms with Crippen LogP contribution in [-0.4, -0.2) is 41.9 Å². The molecule has 0 saturated carbocycles. The minimum Gasteiger partial charge on any atom is -0.488 e. The molecule has 0 radical (unpaired) electrons. The van der Waals surface area contributed by atoms with Crippen LogP contribution < -0.4 is 10.1 Å². The Hall–Kier alpha value is -2.87. The van der Waals surface area contributed by atoms with E-state index in [0.29, 0.717) is 17.1 Å². The summed E-state index contributed by atoms with van der Waals surface area (Å²) in [5.41, 5.74) is 1.85. The van der Waals surface area contributed by atoms with Crippen LogP contribution in [0.5, 0.6) is 5.75 Å². The van der Waals surface area contributed by atoms with Crippen LogP contribution in [0.25, 0.3) is 0 Å². The number of amides is 1. The summed E-state index contributed by atoms with van der Waals surface area (Å²) < 4.78 is 15.6. The Morgan fingerprint density at radius 1 is 1.32 bits per heavy atom. The summed E-state index contributed by atoms with van der Waals surface area (Å²) in [6, 6.07) is 6.70. The Morgan fingerprint density at radius 3 is 2.64 bits per heavy atom. The number of hydrogen-bond donors (Lipinski definition) is 2. The molecule has 2 N–H and O–H groups in total. The molecule has 1 unspecified atom stereocenters. The van der Waals surface area contributed by atoms with Crippen LogP contribution in [0.2, 0.25) is 0 Å². The molecular weight excluding hydrogens is 328 g/mol. The molecule has 1 aromatic carbocycles. The predicted molar refractivity (Wildman–Crippen MR) is 87.5 cm³/mol. The van der Waals surface area contributed by atoms with E-state index < -0.39 is 18.0 Å². The number of methoxy groups -OCH3 is 1. The molecule has 8 nitrogen and oxygen atoms in total. The fourth-order valence-electron chi connectivity index (χ4n) is 2.19. The lowest BCUT2D eigenvalue weighted by molar-refractivity contribution is -0.148. The van der Waals surface area contributed by atoms with Gasteiger partial charge in [0.25, 0.3) is 5.91 Å². The summed E-state index contributed by atoms with van der Waals surface area (Å²) in [6.45, 7) is 3.66. The minimum atomic E-state index is -1.15. The van der Waals surface area contributed by atoms with E-state index in [2.05, 4.69) is 10.5 Å². The molecule has 1 atom stereocenters. The fourth-order valence-corrected chi connectivity index (χ4v) is 2.19. The lowest BCUT2D eigenvalue weighted by Crippen LogP contribution is -2.37. The second-order valence-electron chi connectivity index (χ2n) is 5.36. The maximum Gasteiger partial charge on any atom is 0.334 e. The Balaban J connectivity index is 2.06. The number of carbonyl (C=O) groups excluding carboxylic acids is 1. The first kappa shape index (κ1) is 18.5. The van der Waals surface area contributed by atoms with Gasteiger partial charge in [0.1, 0.15) is 18.1 Å². The summed E-state index contributed by atoms with van der Waals surface area (Å²) in [6.07, 6.45) is -1.11. The quantitative estimate of drug-likeness (QED) is 0.747. The van der Waals surface area contributed by atoms with Gasteiger partial charge < -0.3 is 24.4 Å². The molecule has 1 amide bonds. The van der Waals surface area contributed by atoms with E-state index in [-0.39, 0.29) is 13.2 Å². The zero-order chi connectivity index (χ0) is 18.4. The number of aliphatic carboxylic acids is 1. The van der Waals surface area contributed by atoms with E-state index in [0.717, 1.165) is 11.3 Å². The number of carboxylic acids is 1. The van der Waals surface area contributed by atoms with Gasteiger partial charge in [-0.3, -0.25) is 4.79 Å². The largest absolute Gasteiger partial charge is 0.488 e. The molecule has 0 aliphatic carbocycles. The van der Waals surface area contributed by atoms with Crippen molar-refractivity contribution < 1.29 is 28.7 Å². The van der Waals surface area contributed by atoms with Crippen LogP contribution >= 0.6 is 0 Å². The molecule has 0 aliphatic heterocycles. The average molecular weight is 348 g/mol. The maximum atomic E-state index is 12.3. The number of para-hydroxylation sites is 1. The molecule has 25 heavy (non-hydrogen) atoms. The van der Waals surface area contributed by atoms with Gasteiger partial charge in [0, 0.05) is 7.11 Å². The summed E-state index contributed by atoms with van der Waals surface area (Å²) in [7, 11) is 1.27. The van der Waals surface area contributed by atoms with Crippen LogP contribution in [0.4, 0.5) is 0 Å². The second kappa shape index (κ2) is 8.29. The smallest absolute Gasteiger partial charge is 0.334 e. The molecule has 0 bridgehead atoms. The third kappa shape index (κ3) is 4.57. The summed E-state index contributed by atoms with van der Waals surface area (Å²) in [5, 5.41) is 15.3. The van der Waals surface area contributed by atoms with Crippen LogP contribution in [0.1, 0.15) is 27.4 Å². The van der Waals surface area contributed by atoms with Crippen LogP contribution in [-0.2, 0) is 16.1 Å². The number of aryl methyl sites for hydroxylation is 2. The molecule has 1 heterocycles. The van der Waals surface area contributed by atoms with Gasteiger partial charge in [-0.15, -0.1) is 0 Å². The lowest BCUT2D eigenvalue weighted by Gasteiger charge is -2.14. The van der Waals surface area contributed by atoms with Gasteiger partial charge in [0.15, 0.2) is 6.10 Å². The molecule has 0 fully saturated rings. The minimum absolute atomic E-state index is 0.150. The number of nitrogens with zero attached hydrogens (tertiary/aromatic N) is 1. The third-order valence-corrected chi connectivity index (χ3v) is 3.69. The summed E-state index contributed by atoms with van der Waals surface area (Å²) >= 11 is 0. The number of aromatic nitrogens is 1. The molecule has 8 heteroatoms. The van der Waals surface area contributed by atoms with Crippen molar-refractivity contribution in [3.05, 3.63) is 46.8 Å². The topological polar surface area (TPSA) is 111 Å². The Morgan fingerprint density at radius 2 is 2.04 bits per heavy atom. The number of rotatable bonds is 8. The van der Waals surface area contributed by atoms with E-state index in [1.54, 1.807) is 31.2 Å². The third-order valence-electron chi connectivity index (χ3n) is 3.69. The Labute approximate surface area is 144 Å². The Bertz CT molecular complexity index is 736. The van der Waals surface area contributed by atoms with Crippen LogP contribution in [0, 0.1) is 13.8 Å². The van der Waals surface area contributed by atoms with Crippen LogP contribution in [0.3, 0.4) is 0 Å². The molecule has 0 aliphatic rings. The van der Waals surface area contributed by atoms with Gasteiger partial charge in [-0.2, -0.15) is 0 Å². The molecule has 2 aromatic rings. The average Bonchev–Trinajstić information content (AvgIpc) is 2.91. The van der Waals surface area contributed by atoms with Gasteiger partial charge in [-0.25, -0.2) is 4.79 Å². The lowest BCUT2D eigenvalue weighted by atomic mass is 10.1. The number of benzene rings is 1. The zero-order valence-corrected chi connectivity index (χ0v) is 14.2. The highest BCUT2D eigenvalue weighted by Gasteiger charge is 2.19. The number of ether oxygens (including phenoxy) is 2. The molecular formula is C17H20N2O6. The van der Waals surface area contributed by atoms with E-state index in [1.165, 1.54) is 7.11 Å². The standard InChI is InChI=1S/C17H20N2O6/c1-10-13(11(2)25-19-10)9-24-14-7-5-4-6-12(14)16(20)18-8-15(23-3)17(21)22/h4-7,15H,8-9H2,1-3H3,(H,18,20)(H,21,22). The van der Waals surface area contributed by atoms with E-state index in [1.807, 2.05) is 6.92 Å². The summed E-state index contributed by atoms with van der Waals surface area (Å²) in [4.78, 5) is 23.3. The van der Waals surface area contributed by atoms with Gasteiger partial charge >= 0.3 is 5.97 Å². The highest BCUT2D eigenvalue weighted by molar-refractivity contribution is 5.97. The predicted octanol–water partition coefficient (Wildman–Crippen LogP) is 1.70. The summed E-state index contributed by atoms with van der Waals surface area (Å²) in [5.74, 6) is -0.559. The van der Waals surface area contributed by atoms with Crippen molar-refractivity contribution in [3.8, 4) is 5.75 Å². The molecule has 1 aromatic heterocycles. The van der Waals surface area contributed by atoms with Crippen molar-refractivity contribution >= 4 is 11.9 Å². The zero-order valence-electron chi connectivity index (χ0n) is 14.2. The number of carboxylic acid groups (broad SMARTS) is 1. The van der Waals surface area contributed by atoms with Gasteiger partial charge in [0.2, 0.25) is 0 Å².